The van der Waals surface area contributed by atoms with Crippen LogP contribution in [-0.2, 0) is 4.79 Å². The van der Waals surface area contributed by atoms with E-state index in [2.05, 4.69) is 17.2 Å². The van der Waals surface area contributed by atoms with Gasteiger partial charge in [0.15, 0.2) is 0 Å². The van der Waals surface area contributed by atoms with E-state index in [1.807, 2.05) is 12.1 Å². The molecule has 1 fully saturated rings. The first-order valence-corrected chi connectivity index (χ1v) is 7.71. The molecule has 0 aliphatic heterocycles. The largest absolute Gasteiger partial charge is 0.322 e. The zero-order valence-corrected chi connectivity index (χ0v) is 13.0. The van der Waals surface area contributed by atoms with Crippen LogP contribution in [0.1, 0.15) is 34.7 Å². The van der Waals surface area contributed by atoms with Crippen LogP contribution in [0, 0.1) is 5.82 Å². The molecule has 0 atom stereocenters. The van der Waals surface area contributed by atoms with Gasteiger partial charge in [-0.2, -0.15) is 0 Å². The summed E-state index contributed by atoms with van der Waals surface area (Å²) in [6, 6.07) is 11.5. The maximum Gasteiger partial charge on any atom is 0.256 e. The lowest BCUT2D eigenvalue weighted by atomic mass is 10.0. The minimum Gasteiger partial charge on any atom is -0.322 e. The Balaban J connectivity index is 1.77. The average molecular weight is 324 g/mol. The summed E-state index contributed by atoms with van der Waals surface area (Å²) < 4.78 is 14.2. The van der Waals surface area contributed by atoms with Crippen molar-refractivity contribution in [1.82, 2.24) is 0 Å². The van der Waals surface area contributed by atoms with Gasteiger partial charge in [0.25, 0.3) is 5.91 Å². The van der Waals surface area contributed by atoms with Crippen LogP contribution >= 0.6 is 0 Å². The SMILES string of the molecule is C=CC(=O)Nc1ccc(NC(=O)c2ccccc2C2CC2)c(F)c1. The number of benzene rings is 2. The number of rotatable bonds is 5. The van der Waals surface area contributed by atoms with Crippen LogP contribution in [-0.4, -0.2) is 11.8 Å². The Hall–Kier alpha value is -2.95. The van der Waals surface area contributed by atoms with E-state index in [9.17, 15) is 14.0 Å². The zero-order chi connectivity index (χ0) is 17.1. The Morgan fingerprint density at radius 2 is 1.88 bits per heavy atom. The van der Waals surface area contributed by atoms with E-state index >= 15 is 0 Å². The molecule has 0 heterocycles. The molecular weight excluding hydrogens is 307 g/mol. The summed E-state index contributed by atoms with van der Waals surface area (Å²) >= 11 is 0. The molecule has 2 amide bonds. The number of carbonyl (C=O) groups excluding carboxylic acids is 2. The van der Waals surface area contributed by atoms with Crippen molar-refractivity contribution in [1.29, 1.82) is 0 Å². The van der Waals surface area contributed by atoms with Gasteiger partial charge in [-0.1, -0.05) is 24.8 Å². The van der Waals surface area contributed by atoms with Crippen LogP contribution in [0.15, 0.2) is 55.1 Å². The molecule has 0 aromatic heterocycles. The van der Waals surface area contributed by atoms with Crippen molar-refractivity contribution in [2.24, 2.45) is 0 Å². The molecule has 3 rings (SSSR count). The second-order valence-electron chi connectivity index (χ2n) is 5.70. The molecule has 0 unspecified atom stereocenters. The van der Waals surface area contributed by atoms with Gasteiger partial charge in [0.2, 0.25) is 5.91 Å². The highest BCUT2D eigenvalue weighted by molar-refractivity contribution is 6.06. The van der Waals surface area contributed by atoms with Crippen LogP contribution in [0.4, 0.5) is 15.8 Å². The van der Waals surface area contributed by atoms with Crippen LogP contribution in [0.3, 0.4) is 0 Å². The zero-order valence-electron chi connectivity index (χ0n) is 13.0. The predicted octanol–water partition coefficient (Wildman–Crippen LogP) is 4.08. The fourth-order valence-corrected chi connectivity index (χ4v) is 2.53. The number of amides is 2. The quantitative estimate of drug-likeness (QED) is 0.814. The molecule has 0 spiro atoms. The summed E-state index contributed by atoms with van der Waals surface area (Å²) in [5.74, 6) is -0.953. The second-order valence-corrected chi connectivity index (χ2v) is 5.70. The van der Waals surface area contributed by atoms with E-state index < -0.39 is 11.7 Å². The van der Waals surface area contributed by atoms with Gasteiger partial charge in [-0.15, -0.1) is 0 Å². The van der Waals surface area contributed by atoms with Crippen LogP contribution < -0.4 is 10.6 Å². The Morgan fingerprint density at radius 3 is 2.54 bits per heavy atom. The van der Waals surface area contributed by atoms with Crippen molar-refractivity contribution in [2.45, 2.75) is 18.8 Å². The molecule has 1 aliphatic carbocycles. The molecular formula is C19H17FN2O2. The van der Waals surface area contributed by atoms with Gasteiger partial charge in [-0.25, -0.2) is 4.39 Å². The van der Waals surface area contributed by atoms with E-state index in [1.54, 1.807) is 12.1 Å². The predicted molar refractivity (Wildman–Crippen MR) is 91.6 cm³/mol. The number of hydrogen-bond donors (Lipinski definition) is 2. The molecule has 2 aromatic rings. The Bertz CT molecular complexity index is 813. The van der Waals surface area contributed by atoms with Crippen molar-refractivity contribution in [3.63, 3.8) is 0 Å². The van der Waals surface area contributed by atoms with Crippen molar-refractivity contribution in [2.75, 3.05) is 10.6 Å². The maximum absolute atomic E-state index is 14.2. The minimum atomic E-state index is -0.617. The third-order valence-electron chi connectivity index (χ3n) is 3.89. The second kappa shape index (κ2) is 6.66. The number of anilines is 2. The van der Waals surface area contributed by atoms with E-state index in [-0.39, 0.29) is 11.6 Å². The van der Waals surface area contributed by atoms with Gasteiger partial charge < -0.3 is 10.6 Å². The average Bonchev–Trinajstić information content (AvgIpc) is 3.42. The summed E-state index contributed by atoms with van der Waals surface area (Å²) in [6.45, 7) is 3.33. The van der Waals surface area contributed by atoms with Crippen molar-refractivity contribution in [3.8, 4) is 0 Å². The molecule has 24 heavy (non-hydrogen) atoms. The van der Waals surface area contributed by atoms with E-state index in [4.69, 9.17) is 0 Å². The fraction of sp³-hybridized carbons (Fsp3) is 0.158. The Kier molecular flexibility index (Phi) is 4.42. The molecule has 5 heteroatoms. The lowest BCUT2D eigenvalue weighted by Crippen LogP contribution is -2.15. The van der Waals surface area contributed by atoms with Crippen molar-refractivity contribution in [3.05, 3.63) is 72.1 Å². The first kappa shape index (κ1) is 15.9. The first-order valence-electron chi connectivity index (χ1n) is 7.71. The lowest BCUT2D eigenvalue weighted by Gasteiger charge is -2.11. The third-order valence-corrected chi connectivity index (χ3v) is 3.89. The van der Waals surface area contributed by atoms with Gasteiger partial charge in [0, 0.05) is 11.3 Å². The number of halogens is 1. The van der Waals surface area contributed by atoms with Crippen LogP contribution in [0.5, 0.6) is 0 Å². The monoisotopic (exact) mass is 324 g/mol. The minimum absolute atomic E-state index is 0.0715. The van der Waals surface area contributed by atoms with E-state index in [0.717, 1.165) is 30.5 Å². The van der Waals surface area contributed by atoms with Crippen LogP contribution in [0.2, 0.25) is 0 Å². The van der Waals surface area contributed by atoms with Crippen molar-refractivity contribution < 1.29 is 14.0 Å². The van der Waals surface area contributed by atoms with Gasteiger partial charge in [0.05, 0.1) is 5.69 Å². The molecule has 2 N–H and O–H groups in total. The van der Waals surface area contributed by atoms with Gasteiger partial charge in [0.1, 0.15) is 5.82 Å². The smallest absolute Gasteiger partial charge is 0.256 e. The maximum atomic E-state index is 14.2. The Morgan fingerprint density at radius 1 is 1.12 bits per heavy atom. The normalized spacial score (nSPS) is 13.2. The molecule has 0 bridgehead atoms. The summed E-state index contributed by atoms with van der Waals surface area (Å²) in [4.78, 5) is 23.7. The fourth-order valence-electron chi connectivity index (χ4n) is 2.53. The summed E-state index contributed by atoms with van der Waals surface area (Å²) in [5, 5.41) is 5.06. The highest BCUT2D eigenvalue weighted by Gasteiger charge is 2.27. The Labute approximate surface area is 139 Å². The number of carbonyl (C=O) groups is 2. The van der Waals surface area contributed by atoms with E-state index in [0.29, 0.717) is 17.2 Å². The highest BCUT2D eigenvalue weighted by atomic mass is 19.1. The van der Waals surface area contributed by atoms with Gasteiger partial charge in [-0.05, 0) is 54.7 Å². The molecule has 1 saturated carbocycles. The topological polar surface area (TPSA) is 58.2 Å². The summed E-state index contributed by atoms with van der Waals surface area (Å²) in [6.07, 6.45) is 3.26. The molecule has 1 aliphatic rings. The lowest BCUT2D eigenvalue weighted by molar-refractivity contribution is -0.111. The summed E-state index contributed by atoms with van der Waals surface area (Å²) in [5.41, 5.74) is 1.95. The first-order chi connectivity index (χ1) is 11.6. The molecule has 122 valence electrons. The number of hydrogen-bond acceptors (Lipinski definition) is 2. The van der Waals surface area contributed by atoms with E-state index in [1.165, 1.54) is 12.1 Å². The third kappa shape index (κ3) is 3.51. The summed E-state index contributed by atoms with van der Waals surface area (Å²) in [7, 11) is 0. The highest BCUT2D eigenvalue weighted by Crippen LogP contribution is 2.41. The molecule has 0 saturated heterocycles. The van der Waals surface area contributed by atoms with Crippen LogP contribution in [0.25, 0.3) is 0 Å². The molecule has 0 radical (unpaired) electrons. The molecule has 4 nitrogen and oxygen atoms in total. The van der Waals surface area contributed by atoms with Gasteiger partial charge >= 0.3 is 0 Å². The van der Waals surface area contributed by atoms with Crippen molar-refractivity contribution >= 4 is 23.2 Å². The standard InChI is InChI=1S/C19H17FN2O2/c1-2-18(23)21-13-9-10-17(16(20)11-13)22-19(24)15-6-4-3-5-14(15)12-7-8-12/h2-6,9-12H,1,7-8H2,(H,21,23)(H,22,24). The number of nitrogens with one attached hydrogen (secondary N) is 2. The molecule has 2 aromatic carbocycles. The van der Waals surface area contributed by atoms with Gasteiger partial charge in [-0.3, -0.25) is 9.59 Å².